The third-order valence-corrected chi connectivity index (χ3v) is 4.10. The Hall–Kier alpha value is -1.63. The maximum atomic E-state index is 13.8. The molecule has 7 heteroatoms. The van der Waals surface area contributed by atoms with Gasteiger partial charge in [-0.05, 0) is 12.1 Å². The molecule has 1 aromatic rings. The number of halogens is 1. The maximum Gasteiger partial charge on any atom is 0.508 e. The second kappa shape index (κ2) is 4.33. The van der Waals surface area contributed by atoms with E-state index in [1.807, 2.05) is 0 Å². The molecule has 1 aliphatic rings. The van der Waals surface area contributed by atoms with Gasteiger partial charge >= 0.3 is 6.16 Å². The molecule has 92 valence electrons. The molecule has 2 unspecified atom stereocenters. The highest BCUT2D eigenvalue weighted by molar-refractivity contribution is 7.92. The average molecular weight is 260 g/mol. The minimum absolute atomic E-state index is 0.157. The molecule has 1 aliphatic heterocycles. The summed E-state index contributed by atoms with van der Waals surface area (Å²) in [5.74, 6) is 0. The first-order valence-electron chi connectivity index (χ1n) is 4.78. The van der Waals surface area contributed by atoms with Crippen molar-refractivity contribution in [2.24, 2.45) is 0 Å². The van der Waals surface area contributed by atoms with E-state index in [0.717, 1.165) is 0 Å². The normalized spacial score (nSPS) is 21.7. The first-order chi connectivity index (χ1) is 8.01. The van der Waals surface area contributed by atoms with Crippen LogP contribution in [0.1, 0.15) is 0 Å². The van der Waals surface area contributed by atoms with E-state index in [4.69, 9.17) is 0 Å². The number of cyclic esters (lactones) is 2. The summed E-state index contributed by atoms with van der Waals surface area (Å²) in [5.41, 5.74) is -2.32. The van der Waals surface area contributed by atoms with E-state index < -0.39 is 34.2 Å². The summed E-state index contributed by atoms with van der Waals surface area (Å²) < 4.78 is 46.2. The number of alkyl halides is 1. The molecule has 1 heterocycles. The number of hydrogen-bond acceptors (Lipinski definition) is 5. The topological polar surface area (TPSA) is 69.7 Å². The Morgan fingerprint density at radius 2 is 1.94 bits per heavy atom. The van der Waals surface area contributed by atoms with Gasteiger partial charge in [0.1, 0.15) is 6.61 Å². The molecular formula is C10H9FO5S. The number of rotatable bonds is 3. The standard InChI is InChI=1S/C10H9FO5S/c11-9(8-6-15-10(12)16-8)17(13,14)7-4-2-1-3-5-7/h1-5,8-9H,6H2. The van der Waals surface area contributed by atoms with Crippen LogP contribution in [0, 0.1) is 0 Å². The van der Waals surface area contributed by atoms with Crippen molar-refractivity contribution in [3.8, 4) is 0 Å². The fourth-order valence-corrected chi connectivity index (χ4v) is 2.74. The third kappa shape index (κ3) is 2.23. The van der Waals surface area contributed by atoms with Crippen molar-refractivity contribution in [3.63, 3.8) is 0 Å². The van der Waals surface area contributed by atoms with E-state index in [0.29, 0.717) is 0 Å². The summed E-state index contributed by atoms with van der Waals surface area (Å²) in [4.78, 5) is 10.5. The highest BCUT2D eigenvalue weighted by Crippen LogP contribution is 2.23. The van der Waals surface area contributed by atoms with E-state index in [-0.39, 0.29) is 4.90 Å². The van der Waals surface area contributed by atoms with Crippen molar-refractivity contribution in [2.75, 3.05) is 6.61 Å². The van der Waals surface area contributed by atoms with Crippen LogP contribution in [0.25, 0.3) is 0 Å². The fraction of sp³-hybridized carbons (Fsp3) is 0.300. The van der Waals surface area contributed by atoms with Gasteiger partial charge in [-0.25, -0.2) is 17.6 Å². The van der Waals surface area contributed by atoms with Crippen molar-refractivity contribution < 1.29 is 27.1 Å². The highest BCUT2D eigenvalue weighted by Gasteiger charge is 2.41. The molecule has 0 amide bonds. The number of hydrogen-bond donors (Lipinski definition) is 0. The monoisotopic (exact) mass is 260 g/mol. The second-order valence-electron chi connectivity index (χ2n) is 3.43. The number of ether oxygens (including phenoxy) is 2. The zero-order chi connectivity index (χ0) is 12.5. The van der Waals surface area contributed by atoms with E-state index in [1.54, 1.807) is 6.07 Å². The summed E-state index contributed by atoms with van der Waals surface area (Å²) in [7, 11) is -4.17. The van der Waals surface area contributed by atoms with Gasteiger partial charge in [-0.3, -0.25) is 0 Å². The van der Waals surface area contributed by atoms with Gasteiger partial charge in [-0.2, -0.15) is 0 Å². The SMILES string of the molecule is O=C1OCC(C(F)S(=O)(=O)c2ccccc2)O1. The van der Waals surface area contributed by atoms with Crippen LogP contribution in [0.4, 0.5) is 9.18 Å². The van der Waals surface area contributed by atoms with E-state index in [9.17, 15) is 17.6 Å². The largest absolute Gasteiger partial charge is 0.508 e. The molecule has 1 fully saturated rings. The molecule has 0 N–H and O–H groups in total. The van der Waals surface area contributed by atoms with Crippen LogP contribution in [-0.2, 0) is 19.3 Å². The zero-order valence-electron chi connectivity index (χ0n) is 8.58. The van der Waals surface area contributed by atoms with Crippen molar-refractivity contribution in [1.82, 2.24) is 0 Å². The Balaban J connectivity index is 2.24. The number of sulfone groups is 1. The Kier molecular flexibility index (Phi) is 3.01. The number of carbonyl (C=O) groups is 1. The predicted octanol–water partition coefficient (Wildman–Crippen LogP) is 1.29. The maximum absolute atomic E-state index is 13.8. The van der Waals surface area contributed by atoms with Gasteiger partial charge in [-0.15, -0.1) is 0 Å². The van der Waals surface area contributed by atoms with E-state index in [2.05, 4.69) is 9.47 Å². The lowest BCUT2D eigenvalue weighted by Crippen LogP contribution is -2.32. The molecule has 0 aliphatic carbocycles. The van der Waals surface area contributed by atoms with Gasteiger partial charge in [0.15, 0.2) is 6.10 Å². The fourth-order valence-electron chi connectivity index (χ4n) is 1.41. The Labute approximate surface area is 97.1 Å². The van der Waals surface area contributed by atoms with Crippen LogP contribution >= 0.6 is 0 Å². The Bertz CT molecular complexity index is 513. The summed E-state index contributed by atoms with van der Waals surface area (Å²) >= 11 is 0. The first kappa shape index (κ1) is 11.8. The Morgan fingerprint density at radius 1 is 1.29 bits per heavy atom. The highest BCUT2D eigenvalue weighted by atomic mass is 32.2. The molecule has 0 spiro atoms. The molecule has 1 aromatic carbocycles. The van der Waals surface area contributed by atoms with Crippen LogP contribution in [0.15, 0.2) is 35.2 Å². The second-order valence-corrected chi connectivity index (χ2v) is 5.44. The van der Waals surface area contributed by atoms with Crippen molar-refractivity contribution in [2.45, 2.75) is 16.5 Å². The molecule has 5 nitrogen and oxygen atoms in total. The zero-order valence-corrected chi connectivity index (χ0v) is 9.39. The molecule has 17 heavy (non-hydrogen) atoms. The van der Waals surface area contributed by atoms with Gasteiger partial charge in [0.25, 0.3) is 0 Å². The van der Waals surface area contributed by atoms with Gasteiger partial charge < -0.3 is 9.47 Å². The molecule has 2 atom stereocenters. The van der Waals surface area contributed by atoms with Crippen molar-refractivity contribution in [3.05, 3.63) is 30.3 Å². The lowest BCUT2D eigenvalue weighted by molar-refractivity contribution is 0.103. The number of carbonyl (C=O) groups excluding carboxylic acids is 1. The predicted molar refractivity (Wildman–Crippen MR) is 54.7 cm³/mol. The lowest BCUT2D eigenvalue weighted by Gasteiger charge is -2.13. The van der Waals surface area contributed by atoms with Crippen LogP contribution < -0.4 is 0 Å². The Morgan fingerprint density at radius 3 is 2.47 bits per heavy atom. The van der Waals surface area contributed by atoms with Gasteiger partial charge in [0, 0.05) is 0 Å². The molecule has 0 aromatic heterocycles. The minimum atomic E-state index is -4.17. The molecule has 1 saturated heterocycles. The molecular weight excluding hydrogens is 251 g/mol. The van der Waals surface area contributed by atoms with Crippen LogP contribution in [0.5, 0.6) is 0 Å². The van der Waals surface area contributed by atoms with Crippen LogP contribution in [0.2, 0.25) is 0 Å². The smallest absolute Gasteiger partial charge is 0.430 e. The molecule has 0 saturated carbocycles. The van der Waals surface area contributed by atoms with E-state index >= 15 is 0 Å². The summed E-state index contributed by atoms with van der Waals surface area (Å²) in [5, 5.41) is 0. The molecule has 2 rings (SSSR count). The molecule has 0 radical (unpaired) electrons. The van der Waals surface area contributed by atoms with Gasteiger partial charge in [-0.1, -0.05) is 18.2 Å². The molecule has 0 bridgehead atoms. The van der Waals surface area contributed by atoms with Crippen LogP contribution in [0.3, 0.4) is 0 Å². The van der Waals surface area contributed by atoms with Gasteiger partial charge in [0.2, 0.25) is 15.3 Å². The van der Waals surface area contributed by atoms with Crippen LogP contribution in [-0.4, -0.2) is 32.8 Å². The first-order valence-corrected chi connectivity index (χ1v) is 6.33. The van der Waals surface area contributed by atoms with Gasteiger partial charge in [0.05, 0.1) is 4.90 Å². The van der Waals surface area contributed by atoms with Crippen molar-refractivity contribution in [1.29, 1.82) is 0 Å². The summed E-state index contributed by atoms with van der Waals surface area (Å²) in [6.07, 6.45) is -2.46. The average Bonchev–Trinajstić information content (AvgIpc) is 2.76. The summed E-state index contributed by atoms with van der Waals surface area (Å²) in [6.45, 7) is -0.397. The number of benzene rings is 1. The summed E-state index contributed by atoms with van der Waals surface area (Å²) in [6, 6.07) is 7.14. The van der Waals surface area contributed by atoms with Crippen molar-refractivity contribution >= 4 is 16.0 Å². The van der Waals surface area contributed by atoms with E-state index in [1.165, 1.54) is 24.3 Å². The third-order valence-electron chi connectivity index (χ3n) is 2.27. The minimum Gasteiger partial charge on any atom is -0.430 e. The quantitative estimate of drug-likeness (QED) is 0.766. The lowest BCUT2D eigenvalue weighted by atomic mass is 10.4.